The highest BCUT2D eigenvalue weighted by Crippen LogP contribution is 2.33. The van der Waals surface area contributed by atoms with Crippen molar-refractivity contribution in [1.82, 2.24) is 10.3 Å². The third kappa shape index (κ3) is 3.05. The average Bonchev–Trinajstić information content (AvgIpc) is 2.88. The number of ether oxygens (including phenoxy) is 1. The molecule has 0 saturated heterocycles. The van der Waals surface area contributed by atoms with Crippen molar-refractivity contribution < 1.29 is 9.84 Å². The van der Waals surface area contributed by atoms with E-state index in [2.05, 4.69) is 24.1 Å². The Morgan fingerprint density at radius 1 is 1.47 bits per heavy atom. The minimum atomic E-state index is 0.136. The number of nitrogens with zero attached hydrogens (tertiary/aromatic N) is 1. The normalized spacial score (nSPS) is 12.4. The van der Waals surface area contributed by atoms with Gasteiger partial charge in [-0.25, -0.2) is 4.98 Å². The fourth-order valence-corrected chi connectivity index (χ4v) is 2.76. The van der Waals surface area contributed by atoms with Crippen LogP contribution in [-0.4, -0.2) is 23.7 Å². The number of phenols is 1. The first-order valence-corrected chi connectivity index (χ1v) is 7.09. The Morgan fingerprint density at radius 3 is 2.89 bits per heavy atom. The molecule has 0 spiro atoms. The van der Waals surface area contributed by atoms with Gasteiger partial charge in [-0.05, 0) is 31.7 Å². The molecule has 1 aromatic carbocycles. The van der Waals surface area contributed by atoms with Crippen LogP contribution in [0.25, 0.3) is 10.6 Å². The number of benzene rings is 1. The van der Waals surface area contributed by atoms with E-state index in [9.17, 15) is 5.11 Å². The summed E-state index contributed by atoms with van der Waals surface area (Å²) < 4.78 is 5.03. The molecular weight excluding hydrogens is 260 g/mol. The maximum atomic E-state index is 9.79. The van der Waals surface area contributed by atoms with Crippen LogP contribution in [0.4, 0.5) is 0 Å². The number of rotatable bonds is 5. The summed E-state index contributed by atoms with van der Waals surface area (Å²) in [5.74, 6) is 0.609. The average molecular weight is 278 g/mol. The first-order valence-electron chi connectivity index (χ1n) is 6.22. The van der Waals surface area contributed by atoms with E-state index < -0.39 is 0 Å². The predicted octanol–water partition coefficient (Wildman–Crippen LogP) is 3.19. The van der Waals surface area contributed by atoms with Gasteiger partial charge in [-0.3, -0.25) is 0 Å². The van der Waals surface area contributed by atoms with Crippen molar-refractivity contribution in [2.24, 2.45) is 0 Å². The van der Waals surface area contributed by atoms with E-state index in [1.807, 2.05) is 11.4 Å². The van der Waals surface area contributed by atoms with Crippen LogP contribution in [0, 0.1) is 0 Å². The van der Waals surface area contributed by atoms with Gasteiger partial charge in [0.25, 0.3) is 0 Å². The monoisotopic (exact) mass is 278 g/mol. The third-order valence-electron chi connectivity index (χ3n) is 2.90. The zero-order valence-electron chi connectivity index (χ0n) is 11.3. The molecule has 0 fully saturated rings. The number of phenolic OH excluding ortho intramolecular Hbond substituents is 1. The van der Waals surface area contributed by atoms with Crippen molar-refractivity contribution in [3.63, 3.8) is 0 Å². The van der Waals surface area contributed by atoms with Crippen LogP contribution < -0.4 is 10.1 Å². The summed E-state index contributed by atoms with van der Waals surface area (Å²) in [6, 6.07) is 5.57. The molecule has 0 aliphatic rings. The maximum absolute atomic E-state index is 9.79. The Morgan fingerprint density at radius 2 is 2.26 bits per heavy atom. The second-order valence-electron chi connectivity index (χ2n) is 4.24. The van der Waals surface area contributed by atoms with Crippen molar-refractivity contribution in [2.45, 2.75) is 19.9 Å². The van der Waals surface area contributed by atoms with Crippen LogP contribution in [0.1, 0.15) is 25.6 Å². The summed E-state index contributed by atoms with van der Waals surface area (Å²) in [5.41, 5.74) is 1.93. The summed E-state index contributed by atoms with van der Waals surface area (Å²) in [5, 5.41) is 16.1. The quantitative estimate of drug-likeness (QED) is 0.882. The van der Waals surface area contributed by atoms with Gasteiger partial charge in [0, 0.05) is 17.0 Å². The Hall–Kier alpha value is -1.59. The first kappa shape index (κ1) is 13.8. The molecule has 0 amide bonds. The second kappa shape index (κ2) is 6.04. The molecule has 102 valence electrons. The Bertz CT molecular complexity index is 554. The molecule has 0 aliphatic heterocycles. The van der Waals surface area contributed by atoms with E-state index in [1.54, 1.807) is 23.5 Å². The number of methoxy groups -OCH3 is 1. The number of aromatic hydroxyl groups is 1. The van der Waals surface area contributed by atoms with Crippen LogP contribution in [0.3, 0.4) is 0 Å². The summed E-state index contributed by atoms with van der Waals surface area (Å²) in [6.45, 7) is 5.08. The van der Waals surface area contributed by atoms with Gasteiger partial charge in [-0.1, -0.05) is 6.92 Å². The van der Waals surface area contributed by atoms with E-state index in [0.717, 1.165) is 22.8 Å². The molecule has 0 radical (unpaired) electrons. The first-order chi connectivity index (χ1) is 9.15. The van der Waals surface area contributed by atoms with Crippen molar-refractivity contribution in [2.75, 3.05) is 13.7 Å². The molecule has 5 heteroatoms. The fourth-order valence-electron chi connectivity index (χ4n) is 1.85. The van der Waals surface area contributed by atoms with E-state index in [4.69, 9.17) is 4.74 Å². The highest BCUT2D eigenvalue weighted by atomic mass is 32.1. The van der Waals surface area contributed by atoms with Crippen LogP contribution in [0.15, 0.2) is 23.6 Å². The van der Waals surface area contributed by atoms with Gasteiger partial charge in [0.2, 0.25) is 0 Å². The number of thiazole rings is 1. The van der Waals surface area contributed by atoms with Crippen LogP contribution in [-0.2, 0) is 0 Å². The lowest BCUT2D eigenvalue weighted by Gasteiger charge is -2.08. The van der Waals surface area contributed by atoms with E-state index in [0.29, 0.717) is 5.75 Å². The lowest BCUT2D eigenvalue weighted by Crippen LogP contribution is -2.17. The minimum Gasteiger partial charge on any atom is -0.504 e. The summed E-state index contributed by atoms with van der Waals surface area (Å²) in [6.07, 6.45) is 0. The molecule has 2 rings (SSSR count). The Balaban J connectivity index is 2.25. The lowest BCUT2D eigenvalue weighted by atomic mass is 10.2. The molecule has 0 aliphatic carbocycles. The molecule has 1 unspecified atom stereocenters. The molecule has 1 atom stereocenters. The van der Waals surface area contributed by atoms with Gasteiger partial charge in [-0.15, -0.1) is 11.3 Å². The fraction of sp³-hybridized carbons (Fsp3) is 0.357. The van der Waals surface area contributed by atoms with E-state index in [-0.39, 0.29) is 11.8 Å². The Kier molecular flexibility index (Phi) is 4.39. The van der Waals surface area contributed by atoms with Crippen LogP contribution in [0.2, 0.25) is 0 Å². The largest absolute Gasteiger partial charge is 0.504 e. The molecule has 2 N–H and O–H groups in total. The number of hydrogen-bond acceptors (Lipinski definition) is 5. The highest BCUT2D eigenvalue weighted by molar-refractivity contribution is 7.13. The van der Waals surface area contributed by atoms with Crippen molar-refractivity contribution in [3.05, 3.63) is 29.3 Å². The molecular formula is C14H18N2O2S. The standard InChI is InChI=1S/C14H18N2O2S/c1-4-15-9(2)11-8-19-14(16-11)10-5-6-13(18-3)12(17)7-10/h5-9,15,17H,4H2,1-3H3. The van der Waals surface area contributed by atoms with Crippen molar-refractivity contribution >= 4 is 11.3 Å². The van der Waals surface area contributed by atoms with Gasteiger partial charge in [0.1, 0.15) is 5.01 Å². The number of aromatic nitrogens is 1. The summed E-state index contributed by atoms with van der Waals surface area (Å²) in [4.78, 5) is 4.60. The topological polar surface area (TPSA) is 54.4 Å². The van der Waals surface area contributed by atoms with E-state index >= 15 is 0 Å². The zero-order valence-corrected chi connectivity index (χ0v) is 12.1. The molecule has 0 saturated carbocycles. The van der Waals surface area contributed by atoms with Gasteiger partial charge in [-0.2, -0.15) is 0 Å². The van der Waals surface area contributed by atoms with Crippen LogP contribution >= 0.6 is 11.3 Å². The maximum Gasteiger partial charge on any atom is 0.160 e. The SMILES string of the molecule is CCNC(C)c1csc(-c2ccc(OC)c(O)c2)n1. The summed E-state index contributed by atoms with van der Waals surface area (Å²) >= 11 is 1.58. The Labute approximate surface area is 117 Å². The van der Waals surface area contributed by atoms with Crippen molar-refractivity contribution in [1.29, 1.82) is 0 Å². The number of nitrogens with one attached hydrogen (secondary N) is 1. The predicted molar refractivity (Wildman–Crippen MR) is 77.9 cm³/mol. The zero-order chi connectivity index (χ0) is 13.8. The minimum absolute atomic E-state index is 0.136. The van der Waals surface area contributed by atoms with Gasteiger partial charge < -0.3 is 15.2 Å². The van der Waals surface area contributed by atoms with Gasteiger partial charge >= 0.3 is 0 Å². The van der Waals surface area contributed by atoms with Crippen LogP contribution in [0.5, 0.6) is 11.5 Å². The molecule has 19 heavy (non-hydrogen) atoms. The molecule has 0 bridgehead atoms. The smallest absolute Gasteiger partial charge is 0.160 e. The molecule has 1 aromatic heterocycles. The van der Waals surface area contributed by atoms with E-state index in [1.165, 1.54) is 7.11 Å². The highest BCUT2D eigenvalue weighted by Gasteiger charge is 2.11. The molecule has 1 heterocycles. The van der Waals surface area contributed by atoms with Gasteiger partial charge in [0.05, 0.1) is 12.8 Å². The third-order valence-corrected chi connectivity index (χ3v) is 3.81. The van der Waals surface area contributed by atoms with Gasteiger partial charge in [0.15, 0.2) is 11.5 Å². The lowest BCUT2D eigenvalue weighted by molar-refractivity contribution is 0.373. The van der Waals surface area contributed by atoms with Crippen molar-refractivity contribution in [3.8, 4) is 22.1 Å². The summed E-state index contributed by atoms with van der Waals surface area (Å²) in [7, 11) is 1.54. The number of hydrogen-bond donors (Lipinski definition) is 2. The molecule has 2 aromatic rings. The molecule has 4 nitrogen and oxygen atoms in total. The second-order valence-corrected chi connectivity index (χ2v) is 5.10.